The van der Waals surface area contributed by atoms with E-state index >= 15 is 0 Å². The van der Waals surface area contributed by atoms with Crippen molar-refractivity contribution in [1.29, 1.82) is 0 Å². The second kappa shape index (κ2) is 6.91. The highest BCUT2D eigenvalue weighted by Gasteiger charge is 2.17. The lowest BCUT2D eigenvalue weighted by molar-refractivity contribution is 0.419. The minimum Gasteiger partial charge on any atom is -0.508 e. The summed E-state index contributed by atoms with van der Waals surface area (Å²) in [6.07, 6.45) is 0.918. The summed E-state index contributed by atoms with van der Waals surface area (Å²) in [5.74, 6) is 0.341. The summed E-state index contributed by atoms with van der Waals surface area (Å²) in [6, 6.07) is 16.3. The molecule has 2 aromatic rings. The van der Waals surface area contributed by atoms with E-state index in [0.29, 0.717) is 5.75 Å². The molecule has 0 amide bonds. The van der Waals surface area contributed by atoms with Crippen LogP contribution in [-0.2, 0) is 0 Å². The van der Waals surface area contributed by atoms with Crippen LogP contribution in [0.2, 0.25) is 0 Å². The summed E-state index contributed by atoms with van der Waals surface area (Å²) < 4.78 is 0.984. The van der Waals surface area contributed by atoms with E-state index in [-0.39, 0.29) is 12.1 Å². The molecule has 0 saturated heterocycles. The Kier molecular flexibility index (Phi) is 5.21. The predicted molar refractivity (Wildman–Crippen MR) is 86.8 cm³/mol. The Morgan fingerprint density at radius 1 is 1.15 bits per heavy atom. The number of aromatic hydroxyl groups is 1. The van der Waals surface area contributed by atoms with Gasteiger partial charge in [-0.3, -0.25) is 0 Å². The van der Waals surface area contributed by atoms with Gasteiger partial charge in [0.25, 0.3) is 0 Å². The van der Waals surface area contributed by atoms with Gasteiger partial charge in [-0.1, -0.05) is 53.2 Å². The van der Waals surface area contributed by atoms with E-state index in [9.17, 15) is 5.11 Å². The first kappa shape index (κ1) is 15.1. The molecule has 2 rings (SSSR count). The van der Waals surface area contributed by atoms with Gasteiger partial charge in [0.1, 0.15) is 5.75 Å². The summed E-state index contributed by atoms with van der Waals surface area (Å²) >= 11 is 3.47. The zero-order valence-corrected chi connectivity index (χ0v) is 13.4. The molecule has 0 aliphatic rings. The Morgan fingerprint density at radius 3 is 2.50 bits per heavy atom. The molecular weight excluding hydrogens is 314 g/mol. The zero-order chi connectivity index (χ0) is 14.5. The molecule has 0 aliphatic carbocycles. The molecule has 2 N–H and O–H groups in total. The maximum atomic E-state index is 10.1. The third-order valence-corrected chi connectivity index (χ3v) is 4.02. The maximum absolute atomic E-state index is 10.1. The molecule has 2 aromatic carbocycles. The minimum atomic E-state index is 0.128. The first-order valence-corrected chi connectivity index (χ1v) is 7.70. The van der Waals surface area contributed by atoms with Crippen LogP contribution in [-0.4, -0.2) is 5.11 Å². The van der Waals surface area contributed by atoms with Crippen LogP contribution in [0, 0.1) is 0 Å². The van der Waals surface area contributed by atoms with Crippen LogP contribution >= 0.6 is 15.9 Å². The molecule has 0 spiro atoms. The molecule has 3 heteroatoms. The molecule has 0 bridgehead atoms. The van der Waals surface area contributed by atoms with Crippen molar-refractivity contribution in [1.82, 2.24) is 5.32 Å². The van der Waals surface area contributed by atoms with E-state index in [2.05, 4.69) is 47.2 Å². The molecule has 0 heterocycles. The van der Waals surface area contributed by atoms with E-state index in [1.165, 1.54) is 5.56 Å². The number of nitrogens with one attached hydrogen (secondary N) is 1. The number of halogens is 1. The molecule has 106 valence electrons. The number of phenolic OH excluding ortho intramolecular Hbond substituents is 1. The molecular formula is C17H20BrNO. The van der Waals surface area contributed by atoms with Crippen LogP contribution in [0.15, 0.2) is 53.0 Å². The largest absolute Gasteiger partial charge is 0.508 e. The highest BCUT2D eigenvalue weighted by atomic mass is 79.9. The summed E-state index contributed by atoms with van der Waals surface area (Å²) in [7, 11) is 0. The Bertz CT molecular complexity index is 556. The van der Waals surface area contributed by atoms with E-state index in [1.807, 2.05) is 30.3 Å². The first-order chi connectivity index (χ1) is 9.61. The average molecular weight is 334 g/mol. The second-order valence-electron chi connectivity index (χ2n) is 4.96. The second-order valence-corrected chi connectivity index (χ2v) is 5.88. The van der Waals surface area contributed by atoms with Crippen LogP contribution in [0.4, 0.5) is 0 Å². The fourth-order valence-electron chi connectivity index (χ4n) is 2.37. The van der Waals surface area contributed by atoms with Crippen molar-refractivity contribution in [2.24, 2.45) is 0 Å². The fourth-order valence-corrected chi connectivity index (χ4v) is 2.75. The SMILES string of the molecule is CCC(NC(C)c1ccccc1)c1cc(Br)ccc1O. The number of rotatable bonds is 5. The van der Waals surface area contributed by atoms with Gasteiger partial charge >= 0.3 is 0 Å². The third-order valence-electron chi connectivity index (χ3n) is 3.52. The Balaban J connectivity index is 2.19. The van der Waals surface area contributed by atoms with E-state index in [4.69, 9.17) is 0 Å². The molecule has 20 heavy (non-hydrogen) atoms. The number of hydrogen-bond donors (Lipinski definition) is 2. The molecule has 0 fully saturated rings. The predicted octanol–water partition coefficient (Wildman–Crippen LogP) is 4.96. The normalized spacial score (nSPS) is 13.9. The monoisotopic (exact) mass is 333 g/mol. The smallest absolute Gasteiger partial charge is 0.120 e. The van der Waals surface area contributed by atoms with Crippen molar-refractivity contribution in [3.8, 4) is 5.75 Å². The van der Waals surface area contributed by atoms with Crippen molar-refractivity contribution >= 4 is 15.9 Å². The highest BCUT2D eigenvalue weighted by molar-refractivity contribution is 9.10. The van der Waals surface area contributed by atoms with Gasteiger partial charge in [-0.25, -0.2) is 0 Å². The quantitative estimate of drug-likeness (QED) is 0.810. The van der Waals surface area contributed by atoms with Crippen molar-refractivity contribution in [2.45, 2.75) is 32.4 Å². The number of hydrogen-bond acceptors (Lipinski definition) is 2. The maximum Gasteiger partial charge on any atom is 0.120 e. The summed E-state index contributed by atoms with van der Waals surface area (Å²) in [5.41, 5.74) is 2.19. The molecule has 2 atom stereocenters. The van der Waals surface area contributed by atoms with E-state index in [0.717, 1.165) is 16.5 Å². The fraction of sp³-hybridized carbons (Fsp3) is 0.294. The Morgan fingerprint density at radius 2 is 1.85 bits per heavy atom. The van der Waals surface area contributed by atoms with Gasteiger partial charge in [-0.2, -0.15) is 0 Å². The van der Waals surface area contributed by atoms with Gasteiger partial charge in [-0.15, -0.1) is 0 Å². The van der Waals surface area contributed by atoms with Gasteiger partial charge in [0, 0.05) is 22.1 Å². The van der Waals surface area contributed by atoms with Gasteiger partial charge in [0.2, 0.25) is 0 Å². The van der Waals surface area contributed by atoms with Gasteiger partial charge in [0.15, 0.2) is 0 Å². The summed E-state index contributed by atoms with van der Waals surface area (Å²) in [5, 5.41) is 13.6. The van der Waals surface area contributed by atoms with Crippen molar-refractivity contribution in [3.05, 3.63) is 64.1 Å². The van der Waals surface area contributed by atoms with Crippen molar-refractivity contribution in [3.63, 3.8) is 0 Å². The highest BCUT2D eigenvalue weighted by Crippen LogP contribution is 2.31. The van der Waals surface area contributed by atoms with Gasteiger partial charge in [0.05, 0.1) is 0 Å². The van der Waals surface area contributed by atoms with Crippen LogP contribution in [0.3, 0.4) is 0 Å². The average Bonchev–Trinajstić information content (AvgIpc) is 2.48. The number of benzene rings is 2. The Hall–Kier alpha value is -1.32. The molecule has 0 radical (unpaired) electrons. The molecule has 2 unspecified atom stereocenters. The molecule has 0 aromatic heterocycles. The number of phenols is 1. The third kappa shape index (κ3) is 3.62. The summed E-state index contributed by atoms with van der Waals surface area (Å²) in [6.45, 7) is 4.27. The zero-order valence-electron chi connectivity index (χ0n) is 11.8. The van der Waals surface area contributed by atoms with E-state index < -0.39 is 0 Å². The van der Waals surface area contributed by atoms with Crippen LogP contribution < -0.4 is 5.32 Å². The standard InChI is InChI=1S/C17H20BrNO/c1-3-16(15-11-14(18)9-10-17(15)20)19-12(2)13-7-5-4-6-8-13/h4-12,16,19-20H,3H2,1-2H3. The van der Waals surface area contributed by atoms with Crippen LogP contribution in [0.25, 0.3) is 0 Å². The molecule has 0 aliphatic heterocycles. The lowest BCUT2D eigenvalue weighted by Gasteiger charge is -2.24. The van der Waals surface area contributed by atoms with Crippen molar-refractivity contribution in [2.75, 3.05) is 0 Å². The van der Waals surface area contributed by atoms with E-state index in [1.54, 1.807) is 6.07 Å². The molecule has 0 saturated carbocycles. The topological polar surface area (TPSA) is 32.3 Å². The lowest BCUT2D eigenvalue weighted by atomic mass is 10.0. The lowest BCUT2D eigenvalue weighted by Crippen LogP contribution is -2.24. The summed E-state index contributed by atoms with van der Waals surface area (Å²) in [4.78, 5) is 0. The Labute approximate surface area is 129 Å². The van der Waals surface area contributed by atoms with Gasteiger partial charge in [-0.05, 0) is 37.1 Å². The van der Waals surface area contributed by atoms with Gasteiger partial charge < -0.3 is 10.4 Å². The van der Waals surface area contributed by atoms with Crippen LogP contribution in [0.5, 0.6) is 5.75 Å². The van der Waals surface area contributed by atoms with Crippen molar-refractivity contribution < 1.29 is 5.11 Å². The minimum absolute atomic E-state index is 0.128. The first-order valence-electron chi connectivity index (χ1n) is 6.91. The van der Waals surface area contributed by atoms with Crippen LogP contribution in [0.1, 0.15) is 43.5 Å². The molecule has 2 nitrogen and oxygen atoms in total.